The number of aryl methyl sites for hydroxylation is 2. The Kier molecular flexibility index (Phi) is 4.97. The summed E-state index contributed by atoms with van der Waals surface area (Å²) >= 11 is 6.14. The highest BCUT2D eigenvalue weighted by atomic mass is 35.5. The molecule has 0 radical (unpaired) electrons. The van der Waals surface area contributed by atoms with E-state index in [9.17, 15) is 15.0 Å². The smallest absolute Gasteiger partial charge is 0.310 e. The van der Waals surface area contributed by atoms with E-state index in [0.29, 0.717) is 10.6 Å². The second-order valence-corrected chi connectivity index (χ2v) is 7.74. The summed E-state index contributed by atoms with van der Waals surface area (Å²) in [6.07, 6.45) is 0. The highest BCUT2D eigenvalue weighted by Gasteiger charge is 2.40. The molecule has 0 aliphatic carbocycles. The number of rotatable bonds is 5. The lowest BCUT2D eigenvalue weighted by molar-refractivity contribution is -0.147. The summed E-state index contributed by atoms with van der Waals surface area (Å²) < 4.78 is 1.69. The molecule has 0 aliphatic heterocycles. The van der Waals surface area contributed by atoms with Gasteiger partial charge in [-0.25, -0.2) is 4.68 Å². The number of fused-ring (bicyclic) bond motifs is 1. The minimum absolute atomic E-state index is 0.213. The number of halogens is 1. The molecule has 0 saturated heterocycles. The van der Waals surface area contributed by atoms with E-state index in [4.69, 9.17) is 11.6 Å². The minimum Gasteiger partial charge on any atom is -0.481 e. The van der Waals surface area contributed by atoms with E-state index in [-0.39, 0.29) is 6.61 Å². The van der Waals surface area contributed by atoms with Crippen molar-refractivity contribution < 1.29 is 15.0 Å². The zero-order valence-electron chi connectivity index (χ0n) is 15.7. The molecule has 2 aromatic carbocycles. The van der Waals surface area contributed by atoms with Crippen LogP contribution in [0.25, 0.3) is 11.0 Å². The van der Waals surface area contributed by atoms with Crippen LogP contribution in [-0.2, 0) is 18.4 Å². The van der Waals surface area contributed by atoms with Crippen molar-refractivity contribution in [1.29, 1.82) is 0 Å². The van der Waals surface area contributed by atoms with Crippen molar-refractivity contribution in [2.75, 3.05) is 0 Å². The Morgan fingerprint density at radius 2 is 2.00 bits per heavy atom. The van der Waals surface area contributed by atoms with E-state index < -0.39 is 17.3 Å². The molecule has 3 aromatic rings. The Morgan fingerprint density at radius 3 is 2.63 bits per heavy atom. The topological polar surface area (TPSA) is 88.2 Å². The van der Waals surface area contributed by atoms with Crippen LogP contribution in [0, 0.1) is 12.3 Å². The van der Waals surface area contributed by atoms with E-state index in [1.165, 1.54) is 0 Å². The Morgan fingerprint density at radius 1 is 1.30 bits per heavy atom. The first-order valence-corrected chi connectivity index (χ1v) is 8.97. The maximum Gasteiger partial charge on any atom is 0.310 e. The van der Waals surface area contributed by atoms with Gasteiger partial charge in [-0.1, -0.05) is 35.0 Å². The molecule has 1 atom stereocenters. The normalized spacial score (nSPS) is 13.1. The number of aromatic nitrogens is 3. The van der Waals surface area contributed by atoms with Crippen LogP contribution in [0.3, 0.4) is 0 Å². The number of carboxylic acid groups (broad SMARTS) is 1. The van der Waals surface area contributed by atoms with Crippen LogP contribution in [0.15, 0.2) is 30.3 Å². The summed E-state index contributed by atoms with van der Waals surface area (Å²) in [4.78, 5) is 12.1. The van der Waals surface area contributed by atoms with Gasteiger partial charge in [0.2, 0.25) is 0 Å². The first-order valence-electron chi connectivity index (χ1n) is 8.60. The van der Waals surface area contributed by atoms with Gasteiger partial charge >= 0.3 is 5.97 Å². The van der Waals surface area contributed by atoms with Crippen LogP contribution in [-0.4, -0.2) is 31.2 Å². The fraction of sp³-hybridized carbons (Fsp3) is 0.350. The molecule has 0 spiro atoms. The van der Waals surface area contributed by atoms with Crippen molar-refractivity contribution in [3.05, 3.63) is 57.6 Å². The first kappa shape index (κ1) is 19.3. The minimum atomic E-state index is -1.10. The van der Waals surface area contributed by atoms with Crippen molar-refractivity contribution in [3.8, 4) is 0 Å². The summed E-state index contributed by atoms with van der Waals surface area (Å²) in [6.45, 7) is 5.12. The molecular formula is C20H22ClN3O3. The largest absolute Gasteiger partial charge is 0.481 e. The molecule has 0 bridgehead atoms. The number of carboxylic acids is 1. The third kappa shape index (κ3) is 3.19. The van der Waals surface area contributed by atoms with Gasteiger partial charge < -0.3 is 10.2 Å². The molecule has 1 aromatic heterocycles. The van der Waals surface area contributed by atoms with E-state index >= 15 is 0 Å². The van der Waals surface area contributed by atoms with Crippen LogP contribution in [0.5, 0.6) is 0 Å². The van der Waals surface area contributed by atoms with Gasteiger partial charge in [-0.15, -0.1) is 5.10 Å². The number of aliphatic hydroxyl groups is 1. The van der Waals surface area contributed by atoms with Gasteiger partial charge in [0.15, 0.2) is 0 Å². The number of nitrogens with zero attached hydrogens (tertiary/aromatic N) is 3. The Bertz CT molecular complexity index is 1030. The summed E-state index contributed by atoms with van der Waals surface area (Å²) in [7, 11) is 1.82. The second-order valence-electron chi connectivity index (χ2n) is 7.33. The van der Waals surface area contributed by atoms with Crippen molar-refractivity contribution in [3.63, 3.8) is 0 Å². The van der Waals surface area contributed by atoms with Gasteiger partial charge in [0.25, 0.3) is 0 Å². The molecule has 27 heavy (non-hydrogen) atoms. The summed E-state index contributed by atoms with van der Waals surface area (Å²) in [6, 6.07) is 9.13. The molecule has 7 heteroatoms. The lowest BCUT2D eigenvalue weighted by Crippen LogP contribution is -2.32. The van der Waals surface area contributed by atoms with Gasteiger partial charge in [0, 0.05) is 18.0 Å². The molecule has 1 heterocycles. The molecule has 0 unspecified atom stereocenters. The number of carbonyl (C=O) groups is 1. The average Bonchev–Trinajstić information content (AvgIpc) is 3.00. The van der Waals surface area contributed by atoms with E-state index in [1.807, 2.05) is 32.2 Å². The van der Waals surface area contributed by atoms with Gasteiger partial charge in [0.1, 0.15) is 5.52 Å². The summed E-state index contributed by atoms with van der Waals surface area (Å²) in [5.41, 5.74) is 3.64. The predicted octanol–water partition coefficient (Wildman–Crippen LogP) is 3.67. The molecule has 3 rings (SSSR count). The maximum absolute atomic E-state index is 12.1. The van der Waals surface area contributed by atoms with Gasteiger partial charge in [-0.2, -0.15) is 0 Å². The van der Waals surface area contributed by atoms with Crippen LogP contribution in [0.1, 0.15) is 42.0 Å². The van der Waals surface area contributed by atoms with E-state index in [2.05, 4.69) is 10.3 Å². The van der Waals surface area contributed by atoms with E-state index in [0.717, 1.165) is 27.7 Å². The second kappa shape index (κ2) is 6.94. The van der Waals surface area contributed by atoms with Crippen LogP contribution < -0.4 is 0 Å². The molecule has 0 saturated carbocycles. The van der Waals surface area contributed by atoms with Gasteiger partial charge in [0.05, 0.1) is 17.5 Å². The standard InChI is InChI=1S/C20H22ClN3O3/c1-11-14(6-8-16-18(11)22-23-24(16)4)17(20(2,3)19(26)27)12-5-7-15(21)13(9-12)10-25/h5-9,17,25H,10H2,1-4H3,(H,26,27)/t17-/m0/s1. The highest BCUT2D eigenvalue weighted by molar-refractivity contribution is 6.31. The van der Waals surface area contributed by atoms with Gasteiger partial charge in [-0.3, -0.25) is 4.79 Å². The summed E-state index contributed by atoms with van der Waals surface area (Å²) in [5.74, 6) is -1.37. The predicted molar refractivity (Wildman–Crippen MR) is 104 cm³/mol. The number of aliphatic carboxylic acids is 1. The number of benzene rings is 2. The SMILES string of the molecule is Cc1c([C@H](c2ccc(Cl)c(CO)c2)C(C)(C)C(=O)O)ccc2c1nnn2C. The molecule has 142 valence electrons. The fourth-order valence-electron chi connectivity index (χ4n) is 3.57. The van der Waals surface area contributed by atoms with Crippen molar-refractivity contribution in [1.82, 2.24) is 15.0 Å². The van der Waals surface area contributed by atoms with Crippen LogP contribution in [0.2, 0.25) is 5.02 Å². The monoisotopic (exact) mass is 387 g/mol. The van der Waals surface area contributed by atoms with Crippen molar-refractivity contribution >= 4 is 28.6 Å². The summed E-state index contributed by atoms with van der Waals surface area (Å²) in [5, 5.41) is 28.3. The molecule has 6 nitrogen and oxygen atoms in total. The van der Waals surface area contributed by atoms with Crippen molar-refractivity contribution in [2.45, 2.75) is 33.3 Å². The maximum atomic E-state index is 12.1. The first-order chi connectivity index (χ1) is 12.7. The molecule has 2 N–H and O–H groups in total. The van der Waals surface area contributed by atoms with Crippen LogP contribution >= 0.6 is 11.6 Å². The van der Waals surface area contributed by atoms with Crippen molar-refractivity contribution in [2.24, 2.45) is 12.5 Å². The fourth-order valence-corrected chi connectivity index (χ4v) is 3.74. The quantitative estimate of drug-likeness (QED) is 0.697. The molecule has 0 fully saturated rings. The molecule has 0 aliphatic rings. The Labute approximate surface area is 162 Å². The number of hydrogen-bond donors (Lipinski definition) is 2. The highest BCUT2D eigenvalue weighted by Crippen LogP contribution is 2.44. The number of hydrogen-bond acceptors (Lipinski definition) is 4. The third-order valence-corrected chi connectivity index (χ3v) is 5.61. The average molecular weight is 388 g/mol. The zero-order valence-corrected chi connectivity index (χ0v) is 16.4. The molecule has 0 amide bonds. The molecular weight excluding hydrogens is 366 g/mol. The lowest BCUT2D eigenvalue weighted by Gasteiger charge is -2.33. The third-order valence-electron chi connectivity index (χ3n) is 5.24. The Hall–Kier alpha value is -2.44. The lowest BCUT2D eigenvalue weighted by atomic mass is 9.70. The zero-order chi connectivity index (χ0) is 19.9. The van der Waals surface area contributed by atoms with Gasteiger partial charge in [-0.05, 0) is 55.2 Å². The van der Waals surface area contributed by atoms with E-state index in [1.54, 1.807) is 30.7 Å². The number of aliphatic hydroxyl groups excluding tert-OH is 1. The Balaban J connectivity index is 2.29. The van der Waals surface area contributed by atoms with Crippen LogP contribution in [0.4, 0.5) is 0 Å².